The Hall–Kier alpha value is -3.35. The van der Waals surface area contributed by atoms with Crippen LogP contribution in [0.2, 0.25) is 0 Å². The molecule has 7 heteroatoms. The molecule has 0 fully saturated rings. The second-order valence-corrected chi connectivity index (χ2v) is 6.28. The van der Waals surface area contributed by atoms with Crippen LogP contribution in [0, 0.1) is 0 Å². The minimum Gasteiger partial charge on any atom is -0.355 e. The van der Waals surface area contributed by atoms with Gasteiger partial charge >= 0.3 is 6.18 Å². The van der Waals surface area contributed by atoms with Crippen LogP contribution in [0.3, 0.4) is 0 Å². The van der Waals surface area contributed by atoms with Crippen molar-refractivity contribution in [2.24, 2.45) is 0 Å². The van der Waals surface area contributed by atoms with Crippen molar-refractivity contribution in [2.75, 3.05) is 17.3 Å². The summed E-state index contributed by atoms with van der Waals surface area (Å²) in [5.41, 5.74) is 0.659. The molecule has 0 aliphatic carbocycles. The first-order valence-corrected chi connectivity index (χ1v) is 8.52. The zero-order valence-electron chi connectivity index (χ0n) is 15.1. The molecule has 0 aliphatic heterocycles. The predicted octanol–water partition coefficient (Wildman–Crippen LogP) is 4.99. The van der Waals surface area contributed by atoms with Crippen LogP contribution in [-0.4, -0.2) is 17.9 Å². The summed E-state index contributed by atoms with van der Waals surface area (Å²) in [5, 5.41) is 2.50. The van der Waals surface area contributed by atoms with Gasteiger partial charge in [0.15, 0.2) is 0 Å². The monoisotopic (exact) mass is 385 g/mol. The molecular weight excluding hydrogens is 367 g/mol. The molecule has 1 heterocycles. The largest absolute Gasteiger partial charge is 0.416 e. The summed E-state index contributed by atoms with van der Waals surface area (Å²) in [6, 6.07) is 17.4. The Kier molecular flexibility index (Phi) is 5.63. The van der Waals surface area contributed by atoms with E-state index in [0.717, 1.165) is 17.7 Å². The fourth-order valence-corrected chi connectivity index (χ4v) is 2.68. The third kappa shape index (κ3) is 4.88. The molecule has 1 aromatic heterocycles. The Morgan fingerprint density at radius 3 is 2.50 bits per heavy atom. The Balaban J connectivity index is 1.74. The molecule has 4 nitrogen and oxygen atoms in total. The highest BCUT2D eigenvalue weighted by atomic mass is 19.4. The van der Waals surface area contributed by atoms with Gasteiger partial charge in [-0.2, -0.15) is 13.2 Å². The zero-order valence-corrected chi connectivity index (χ0v) is 15.1. The molecule has 0 bridgehead atoms. The average molecular weight is 385 g/mol. The Labute approximate surface area is 160 Å². The lowest BCUT2D eigenvalue weighted by Gasteiger charge is -2.19. The summed E-state index contributed by atoms with van der Waals surface area (Å²) in [7, 11) is 1.85. The van der Waals surface area contributed by atoms with Gasteiger partial charge in [0.25, 0.3) is 5.91 Å². The van der Waals surface area contributed by atoms with Crippen molar-refractivity contribution in [1.82, 2.24) is 4.98 Å². The van der Waals surface area contributed by atoms with E-state index in [1.807, 2.05) is 42.3 Å². The van der Waals surface area contributed by atoms with Crippen molar-refractivity contribution in [3.63, 3.8) is 0 Å². The van der Waals surface area contributed by atoms with Gasteiger partial charge in [-0.3, -0.25) is 4.79 Å². The number of carbonyl (C=O) groups excluding carboxylic acids is 1. The number of carbonyl (C=O) groups is 1. The van der Waals surface area contributed by atoms with Crippen LogP contribution in [0.5, 0.6) is 0 Å². The first-order chi connectivity index (χ1) is 13.3. The SMILES string of the molecule is CN(Cc1ccccc1)c1cc(C(=O)Nc2cccc(C(F)(F)F)c2)ccn1. The van der Waals surface area contributed by atoms with E-state index in [4.69, 9.17) is 0 Å². The maximum absolute atomic E-state index is 12.8. The van der Waals surface area contributed by atoms with Gasteiger partial charge in [0, 0.05) is 31.0 Å². The highest BCUT2D eigenvalue weighted by molar-refractivity contribution is 6.04. The van der Waals surface area contributed by atoms with E-state index in [1.165, 1.54) is 24.4 Å². The number of amides is 1. The van der Waals surface area contributed by atoms with E-state index in [2.05, 4.69) is 10.3 Å². The minimum absolute atomic E-state index is 0.0795. The molecule has 144 valence electrons. The number of hydrogen-bond acceptors (Lipinski definition) is 3. The molecule has 1 amide bonds. The summed E-state index contributed by atoms with van der Waals surface area (Å²) in [4.78, 5) is 18.6. The van der Waals surface area contributed by atoms with Gasteiger partial charge in [0.05, 0.1) is 5.56 Å². The van der Waals surface area contributed by atoms with Gasteiger partial charge in [-0.05, 0) is 35.9 Å². The Bertz CT molecular complexity index is 958. The highest BCUT2D eigenvalue weighted by Crippen LogP contribution is 2.30. The van der Waals surface area contributed by atoms with Crippen LogP contribution in [0.25, 0.3) is 0 Å². The molecule has 3 aromatic rings. The van der Waals surface area contributed by atoms with Crippen LogP contribution in [0.1, 0.15) is 21.5 Å². The van der Waals surface area contributed by atoms with Gasteiger partial charge in [0.1, 0.15) is 5.82 Å². The maximum atomic E-state index is 12.8. The fourth-order valence-electron chi connectivity index (χ4n) is 2.68. The number of halogens is 3. The van der Waals surface area contributed by atoms with E-state index in [9.17, 15) is 18.0 Å². The topological polar surface area (TPSA) is 45.2 Å². The number of hydrogen-bond donors (Lipinski definition) is 1. The molecule has 1 N–H and O–H groups in total. The first kappa shape index (κ1) is 19.4. The third-order valence-corrected chi connectivity index (χ3v) is 4.11. The van der Waals surface area contributed by atoms with E-state index in [1.54, 1.807) is 6.07 Å². The van der Waals surface area contributed by atoms with Gasteiger partial charge in [-0.25, -0.2) is 4.98 Å². The van der Waals surface area contributed by atoms with Crippen molar-refractivity contribution in [1.29, 1.82) is 0 Å². The molecule has 0 unspecified atom stereocenters. The number of nitrogens with one attached hydrogen (secondary N) is 1. The molecule has 0 saturated carbocycles. The van der Waals surface area contributed by atoms with Crippen LogP contribution in [0.15, 0.2) is 72.9 Å². The molecule has 0 aliphatic rings. The number of aromatic nitrogens is 1. The summed E-state index contributed by atoms with van der Waals surface area (Å²) >= 11 is 0. The normalized spacial score (nSPS) is 11.1. The predicted molar refractivity (Wildman–Crippen MR) is 102 cm³/mol. The van der Waals surface area contributed by atoms with Crippen molar-refractivity contribution >= 4 is 17.4 Å². The lowest BCUT2D eigenvalue weighted by molar-refractivity contribution is -0.137. The smallest absolute Gasteiger partial charge is 0.355 e. The van der Waals surface area contributed by atoms with E-state index >= 15 is 0 Å². The van der Waals surface area contributed by atoms with E-state index < -0.39 is 17.6 Å². The van der Waals surface area contributed by atoms with Crippen molar-refractivity contribution in [2.45, 2.75) is 12.7 Å². The highest BCUT2D eigenvalue weighted by Gasteiger charge is 2.30. The molecule has 3 rings (SSSR count). The maximum Gasteiger partial charge on any atom is 0.416 e. The lowest BCUT2D eigenvalue weighted by atomic mass is 10.1. The van der Waals surface area contributed by atoms with Crippen LogP contribution in [0.4, 0.5) is 24.7 Å². The fraction of sp³-hybridized carbons (Fsp3) is 0.143. The Morgan fingerprint density at radius 2 is 1.79 bits per heavy atom. The summed E-state index contributed by atoms with van der Waals surface area (Å²) in [6.45, 7) is 0.604. The zero-order chi connectivity index (χ0) is 20.1. The number of nitrogens with zero attached hydrogens (tertiary/aromatic N) is 2. The second-order valence-electron chi connectivity index (χ2n) is 6.28. The third-order valence-electron chi connectivity index (χ3n) is 4.11. The number of pyridine rings is 1. The minimum atomic E-state index is -4.47. The number of benzene rings is 2. The molecule has 28 heavy (non-hydrogen) atoms. The summed E-state index contributed by atoms with van der Waals surface area (Å²) in [6.07, 6.45) is -2.97. The Morgan fingerprint density at radius 1 is 1.04 bits per heavy atom. The molecule has 0 spiro atoms. The lowest BCUT2D eigenvalue weighted by Crippen LogP contribution is -2.19. The van der Waals surface area contributed by atoms with Crippen molar-refractivity contribution < 1.29 is 18.0 Å². The first-order valence-electron chi connectivity index (χ1n) is 8.52. The summed E-state index contributed by atoms with van der Waals surface area (Å²) < 4.78 is 38.5. The number of rotatable bonds is 5. The second kappa shape index (κ2) is 8.12. The number of alkyl halides is 3. The molecule has 0 radical (unpaired) electrons. The molecule has 2 aromatic carbocycles. The van der Waals surface area contributed by atoms with Gasteiger partial charge in [-0.15, -0.1) is 0 Å². The quantitative estimate of drug-likeness (QED) is 0.673. The van der Waals surface area contributed by atoms with E-state index in [0.29, 0.717) is 17.9 Å². The van der Waals surface area contributed by atoms with Crippen LogP contribution in [-0.2, 0) is 12.7 Å². The van der Waals surface area contributed by atoms with Crippen LogP contribution < -0.4 is 10.2 Å². The standard InChI is InChI=1S/C21H18F3N3O/c1-27(14-15-6-3-2-4-7-15)19-12-16(10-11-25-19)20(28)26-18-9-5-8-17(13-18)21(22,23)24/h2-13H,14H2,1H3,(H,26,28). The van der Waals surface area contributed by atoms with Gasteiger partial charge in [-0.1, -0.05) is 36.4 Å². The van der Waals surface area contributed by atoms with Gasteiger partial charge < -0.3 is 10.2 Å². The van der Waals surface area contributed by atoms with E-state index in [-0.39, 0.29) is 5.69 Å². The average Bonchev–Trinajstić information content (AvgIpc) is 2.68. The molecule has 0 atom stereocenters. The van der Waals surface area contributed by atoms with Crippen LogP contribution >= 0.6 is 0 Å². The van der Waals surface area contributed by atoms with Crippen molar-refractivity contribution in [3.05, 3.63) is 89.6 Å². The molecule has 0 saturated heterocycles. The van der Waals surface area contributed by atoms with Crippen molar-refractivity contribution in [3.8, 4) is 0 Å². The number of anilines is 2. The summed E-state index contributed by atoms with van der Waals surface area (Å²) in [5.74, 6) is 0.0802. The van der Waals surface area contributed by atoms with Gasteiger partial charge in [0.2, 0.25) is 0 Å². The molecular formula is C21H18F3N3O.